The van der Waals surface area contributed by atoms with E-state index in [2.05, 4.69) is 10.9 Å². The number of hydrogen-bond donors (Lipinski definition) is 3. The van der Waals surface area contributed by atoms with Crippen molar-refractivity contribution in [3.05, 3.63) is 27.1 Å². The van der Waals surface area contributed by atoms with Gasteiger partial charge in [0.1, 0.15) is 11.7 Å². The zero-order valence-corrected chi connectivity index (χ0v) is 11.6. The Morgan fingerprint density at radius 3 is 2.50 bits per heavy atom. The van der Waals surface area contributed by atoms with E-state index in [0.29, 0.717) is 40.0 Å². The van der Waals surface area contributed by atoms with Gasteiger partial charge in [-0.1, -0.05) is 0 Å². The lowest BCUT2D eigenvalue weighted by atomic mass is 9.96. The maximum Gasteiger partial charge on any atom is 0.270 e. The Kier molecular flexibility index (Phi) is 3.79. The number of aliphatic hydroxyl groups excluding tert-OH is 1. The SMILES string of the molecule is CCOc1c(C)c2c(c(=C=O)c1C)=C(CO)NNC2=O. The van der Waals surface area contributed by atoms with Crippen molar-refractivity contribution in [2.45, 2.75) is 20.8 Å². The molecule has 0 aliphatic carbocycles. The van der Waals surface area contributed by atoms with Crippen molar-refractivity contribution in [2.75, 3.05) is 13.2 Å². The van der Waals surface area contributed by atoms with Gasteiger partial charge in [-0.3, -0.25) is 15.6 Å². The van der Waals surface area contributed by atoms with Crippen molar-refractivity contribution in [3.8, 4) is 5.75 Å². The molecule has 1 aromatic carbocycles. The molecule has 0 aromatic heterocycles. The van der Waals surface area contributed by atoms with Crippen molar-refractivity contribution in [2.24, 2.45) is 0 Å². The van der Waals surface area contributed by atoms with Gasteiger partial charge in [0.15, 0.2) is 0 Å². The van der Waals surface area contributed by atoms with E-state index in [4.69, 9.17) is 4.74 Å². The zero-order chi connectivity index (χ0) is 14.9. The van der Waals surface area contributed by atoms with Crippen LogP contribution in [-0.2, 0) is 4.79 Å². The van der Waals surface area contributed by atoms with Gasteiger partial charge in [0.05, 0.1) is 29.7 Å². The van der Waals surface area contributed by atoms with Crippen molar-refractivity contribution in [3.63, 3.8) is 0 Å². The van der Waals surface area contributed by atoms with Gasteiger partial charge >= 0.3 is 0 Å². The zero-order valence-electron chi connectivity index (χ0n) is 11.6. The minimum atomic E-state index is -0.368. The van der Waals surface area contributed by atoms with Gasteiger partial charge in [-0.2, -0.15) is 0 Å². The molecule has 1 aliphatic rings. The summed E-state index contributed by atoms with van der Waals surface area (Å²) in [7, 11) is 0. The topological polar surface area (TPSA) is 87.7 Å². The second-order valence-electron chi connectivity index (χ2n) is 4.45. The lowest BCUT2D eigenvalue weighted by Gasteiger charge is -2.22. The number of nitrogens with one attached hydrogen (secondary N) is 2. The van der Waals surface area contributed by atoms with Crippen LogP contribution in [0.4, 0.5) is 0 Å². The third kappa shape index (κ3) is 1.95. The first-order chi connectivity index (χ1) is 9.56. The highest BCUT2D eigenvalue weighted by atomic mass is 16.5. The summed E-state index contributed by atoms with van der Waals surface area (Å²) in [4.78, 5) is 23.4. The largest absolute Gasteiger partial charge is 0.493 e. The van der Waals surface area contributed by atoms with Crippen LogP contribution < -0.4 is 26.0 Å². The van der Waals surface area contributed by atoms with Crippen LogP contribution in [0.3, 0.4) is 0 Å². The Bertz CT molecular complexity index is 718. The highest BCUT2D eigenvalue weighted by molar-refractivity contribution is 5.99. The molecule has 0 fully saturated rings. The molecule has 0 bridgehead atoms. The van der Waals surface area contributed by atoms with E-state index >= 15 is 0 Å². The molecule has 0 unspecified atom stereocenters. The van der Waals surface area contributed by atoms with Crippen LogP contribution in [0.25, 0.3) is 5.70 Å². The van der Waals surface area contributed by atoms with E-state index in [1.807, 2.05) is 12.9 Å². The van der Waals surface area contributed by atoms with Crippen molar-refractivity contribution < 1.29 is 19.4 Å². The molecule has 106 valence electrons. The van der Waals surface area contributed by atoms with Gasteiger partial charge in [-0.25, -0.2) is 4.79 Å². The predicted octanol–water partition coefficient (Wildman–Crippen LogP) is -1.45. The quantitative estimate of drug-likeness (QED) is 0.629. The van der Waals surface area contributed by atoms with Crippen LogP contribution in [0, 0.1) is 13.8 Å². The Labute approximate surface area is 115 Å². The minimum Gasteiger partial charge on any atom is -0.493 e. The average Bonchev–Trinajstić information content (AvgIpc) is 2.44. The van der Waals surface area contributed by atoms with E-state index in [9.17, 15) is 14.7 Å². The lowest BCUT2D eigenvalue weighted by molar-refractivity contribution is 0.0933. The van der Waals surface area contributed by atoms with Crippen LogP contribution in [-0.4, -0.2) is 30.2 Å². The summed E-state index contributed by atoms with van der Waals surface area (Å²) >= 11 is 0. The maximum atomic E-state index is 12.0. The molecular formula is C14H16N2O4. The summed E-state index contributed by atoms with van der Waals surface area (Å²) < 4.78 is 5.54. The van der Waals surface area contributed by atoms with Gasteiger partial charge in [-0.05, 0) is 20.8 Å². The molecule has 3 N–H and O–H groups in total. The summed E-state index contributed by atoms with van der Waals surface area (Å²) in [5.41, 5.74) is 7.01. The summed E-state index contributed by atoms with van der Waals surface area (Å²) in [6.07, 6.45) is 0. The maximum absolute atomic E-state index is 12.0. The Morgan fingerprint density at radius 1 is 1.25 bits per heavy atom. The number of carbonyl (C=O) groups is 1. The summed E-state index contributed by atoms with van der Waals surface area (Å²) in [6, 6.07) is 0. The number of fused-ring (bicyclic) bond motifs is 1. The van der Waals surface area contributed by atoms with Crippen molar-refractivity contribution in [1.82, 2.24) is 10.9 Å². The van der Waals surface area contributed by atoms with Gasteiger partial charge < -0.3 is 9.84 Å². The van der Waals surface area contributed by atoms with Crippen molar-refractivity contribution >= 4 is 17.5 Å². The molecule has 0 radical (unpaired) electrons. The highest BCUT2D eigenvalue weighted by Gasteiger charge is 2.24. The van der Waals surface area contributed by atoms with E-state index in [1.54, 1.807) is 13.8 Å². The predicted molar refractivity (Wildman–Crippen MR) is 72.2 cm³/mol. The van der Waals surface area contributed by atoms with Gasteiger partial charge in [0.25, 0.3) is 5.91 Å². The lowest BCUT2D eigenvalue weighted by Crippen LogP contribution is -2.53. The summed E-state index contributed by atoms with van der Waals surface area (Å²) in [5, 5.41) is 10.0. The second-order valence-corrected chi connectivity index (χ2v) is 4.45. The number of carbonyl (C=O) groups excluding carboxylic acids is 2. The molecule has 1 aromatic rings. The third-order valence-electron chi connectivity index (χ3n) is 3.34. The van der Waals surface area contributed by atoms with Gasteiger partial charge in [-0.15, -0.1) is 0 Å². The standard InChI is InChI=1S/C14H16N2O4/c1-4-20-13-7(2)9(5-17)12-10(6-18)15-16-14(19)11(12)8(13)3/h15,18H,4,6H2,1-3H3,(H,16,19). The van der Waals surface area contributed by atoms with Crippen LogP contribution >= 0.6 is 0 Å². The molecule has 1 aliphatic heterocycles. The van der Waals surface area contributed by atoms with E-state index in [1.165, 1.54) is 0 Å². The fourth-order valence-corrected chi connectivity index (χ4v) is 2.46. The van der Waals surface area contributed by atoms with E-state index < -0.39 is 0 Å². The first-order valence-electron chi connectivity index (χ1n) is 6.28. The van der Waals surface area contributed by atoms with Crippen LogP contribution in [0.1, 0.15) is 28.4 Å². The van der Waals surface area contributed by atoms with Crippen LogP contribution in [0.15, 0.2) is 0 Å². The number of hydrogen-bond acceptors (Lipinski definition) is 5. The Morgan fingerprint density at radius 2 is 1.95 bits per heavy atom. The number of ether oxygens (including phenoxy) is 1. The summed E-state index contributed by atoms with van der Waals surface area (Å²) in [6.45, 7) is 5.42. The number of aliphatic hydroxyl groups is 1. The molecule has 0 spiro atoms. The molecule has 1 heterocycles. The van der Waals surface area contributed by atoms with Gasteiger partial charge in [0.2, 0.25) is 0 Å². The van der Waals surface area contributed by atoms with E-state index in [0.717, 1.165) is 0 Å². The molecule has 2 rings (SSSR count). The molecular weight excluding hydrogens is 260 g/mol. The van der Waals surface area contributed by atoms with Crippen molar-refractivity contribution in [1.29, 1.82) is 0 Å². The van der Waals surface area contributed by atoms with E-state index in [-0.39, 0.29) is 17.7 Å². The Hall–Kier alpha value is -2.30. The molecule has 1 amide bonds. The fraction of sp³-hybridized carbons (Fsp3) is 0.357. The molecule has 0 saturated carbocycles. The third-order valence-corrected chi connectivity index (χ3v) is 3.34. The molecule has 6 heteroatoms. The Balaban J connectivity index is 3.07. The number of amides is 1. The highest BCUT2D eigenvalue weighted by Crippen LogP contribution is 2.22. The second kappa shape index (κ2) is 5.36. The normalized spacial score (nSPS) is 13.2. The number of benzene rings is 1. The fourth-order valence-electron chi connectivity index (χ4n) is 2.46. The first kappa shape index (κ1) is 14.1. The number of hydrazine groups is 1. The average molecular weight is 276 g/mol. The minimum absolute atomic E-state index is 0.237. The van der Waals surface area contributed by atoms with Gasteiger partial charge in [0, 0.05) is 16.3 Å². The summed E-state index contributed by atoms with van der Waals surface area (Å²) in [5.74, 6) is 2.00. The van der Waals surface area contributed by atoms with Crippen LogP contribution in [0.5, 0.6) is 5.75 Å². The number of rotatable bonds is 3. The smallest absolute Gasteiger partial charge is 0.270 e. The molecule has 6 nitrogen and oxygen atoms in total. The molecule has 0 atom stereocenters. The molecule has 0 saturated heterocycles. The molecule has 20 heavy (non-hydrogen) atoms. The first-order valence-corrected chi connectivity index (χ1v) is 6.28. The van der Waals surface area contributed by atoms with Crippen LogP contribution in [0.2, 0.25) is 0 Å². The monoisotopic (exact) mass is 276 g/mol.